The van der Waals surface area contributed by atoms with Crippen LogP contribution in [-0.4, -0.2) is 30.4 Å². The van der Waals surface area contributed by atoms with E-state index in [0.29, 0.717) is 42.1 Å². The number of nitrogens with zero attached hydrogens (tertiary/aromatic N) is 1. The average Bonchev–Trinajstić information content (AvgIpc) is 2.84. The molecule has 0 saturated carbocycles. The number of para-hydroxylation sites is 1. The van der Waals surface area contributed by atoms with E-state index in [1.165, 1.54) is 7.11 Å². The molecule has 0 radical (unpaired) electrons. The lowest BCUT2D eigenvalue weighted by Gasteiger charge is -2.31. The fourth-order valence-corrected chi connectivity index (χ4v) is 4.42. The van der Waals surface area contributed by atoms with Crippen LogP contribution in [0.5, 0.6) is 5.75 Å². The van der Waals surface area contributed by atoms with Crippen LogP contribution in [0, 0.1) is 5.82 Å². The first-order chi connectivity index (χ1) is 17.1. The lowest BCUT2D eigenvalue weighted by atomic mass is 9.96. The van der Waals surface area contributed by atoms with Gasteiger partial charge in [-0.1, -0.05) is 35.9 Å². The molecule has 10 heteroatoms. The predicted octanol–water partition coefficient (Wildman–Crippen LogP) is 5.89. The molecule has 2 amide bonds. The zero-order valence-corrected chi connectivity index (χ0v) is 19.8. The minimum atomic E-state index is -4.82. The minimum absolute atomic E-state index is 0.0903. The van der Waals surface area contributed by atoms with Crippen molar-refractivity contribution in [3.63, 3.8) is 0 Å². The van der Waals surface area contributed by atoms with Gasteiger partial charge >= 0.3 is 6.18 Å². The van der Waals surface area contributed by atoms with Crippen LogP contribution in [0.4, 0.5) is 23.2 Å². The van der Waals surface area contributed by atoms with E-state index in [0.717, 1.165) is 17.2 Å². The predicted molar refractivity (Wildman–Crippen MR) is 127 cm³/mol. The summed E-state index contributed by atoms with van der Waals surface area (Å²) in [7, 11) is 1.49. The maximum atomic E-state index is 13.9. The average molecular weight is 521 g/mol. The molecule has 0 aromatic heterocycles. The highest BCUT2D eigenvalue weighted by Crippen LogP contribution is 2.34. The van der Waals surface area contributed by atoms with Gasteiger partial charge in [-0.15, -0.1) is 0 Å². The van der Waals surface area contributed by atoms with Crippen LogP contribution in [0.2, 0.25) is 5.02 Å². The first-order valence-corrected chi connectivity index (χ1v) is 11.3. The summed E-state index contributed by atoms with van der Waals surface area (Å²) in [5.41, 5.74) is 1.07. The van der Waals surface area contributed by atoms with Crippen molar-refractivity contribution in [2.45, 2.75) is 25.6 Å². The Hall–Kier alpha value is -3.59. The lowest BCUT2D eigenvalue weighted by molar-refractivity contribution is -0.140. The third kappa shape index (κ3) is 5.31. The number of fused-ring (bicyclic) bond motifs is 1. The van der Waals surface area contributed by atoms with Crippen LogP contribution >= 0.6 is 11.6 Å². The first kappa shape index (κ1) is 25.5. The number of ether oxygens (including phenoxy) is 1. The molecule has 0 fully saturated rings. The van der Waals surface area contributed by atoms with Gasteiger partial charge < -0.3 is 15.0 Å². The molecule has 1 heterocycles. The molecule has 1 aliphatic heterocycles. The van der Waals surface area contributed by atoms with Gasteiger partial charge in [-0.2, -0.15) is 13.2 Å². The van der Waals surface area contributed by atoms with Crippen molar-refractivity contribution >= 4 is 29.1 Å². The maximum absolute atomic E-state index is 13.9. The second kappa shape index (κ2) is 10.2. The van der Waals surface area contributed by atoms with Crippen molar-refractivity contribution < 1.29 is 31.9 Å². The molecule has 0 bridgehead atoms. The van der Waals surface area contributed by atoms with Gasteiger partial charge in [-0.25, -0.2) is 4.39 Å². The molecular weight excluding hydrogens is 500 g/mol. The summed E-state index contributed by atoms with van der Waals surface area (Å²) >= 11 is 6.34. The summed E-state index contributed by atoms with van der Waals surface area (Å²) in [6.45, 7) is 0.660. The Kier molecular flexibility index (Phi) is 7.21. The number of carbonyl (C=O) groups is 2. The molecule has 4 rings (SSSR count). The van der Waals surface area contributed by atoms with Crippen molar-refractivity contribution in [2.24, 2.45) is 0 Å². The van der Waals surface area contributed by atoms with Crippen molar-refractivity contribution in [1.82, 2.24) is 4.90 Å². The number of benzene rings is 3. The molecule has 0 saturated heterocycles. The molecule has 3 aromatic rings. The number of hydrogen-bond donors (Lipinski definition) is 1. The van der Waals surface area contributed by atoms with E-state index in [1.54, 1.807) is 41.3 Å². The van der Waals surface area contributed by atoms with Gasteiger partial charge in [0, 0.05) is 13.1 Å². The number of methoxy groups -OCH3 is 1. The van der Waals surface area contributed by atoms with E-state index < -0.39 is 23.5 Å². The zero-order chi connectivity index (χ0) is 26.0. The van der Waals surface area contributed by atoms with Crippen molar-refractivity contribution in [3.8, 4) is 5.75 Å². The summed E-state index contributed by atoms with van der Waals surface area (Å²) in [5, 5.41) is 2.99. The molecule has 0 aliphatic carbocycles. The monoisotopic (exact) mass is 520 g/mol. The van der Waals surface area contributed by atoms with Crippen LogP contribution in [0.1, 0.15) is 32.6 Å². The molecule has 0 atom stereocenters. The smallest absolute Gasteiger partial charge is 0.419 e. The molecular formula is C26H21ClF4N2O3. The lowest BCUT2D eigenvalue weighted by Crippen LogP contribution is -2.36. The van der Waals surface area contributed by atoms with Gasteiger partial charge in [-0.05, 0) is 53.4 Å². The molecule has 36 heavy (non-hydrogen) atoms. The number of anilines is 1. The maximum Gasteiger partial charge on any atom is 0.419 e. The van der Waals surface area contributed by atoms with E-state index in [9.17, 15) is 27.2 Å². The Morgan fingerprint density at radius 3 is 2.56 bits per heavy atom. The normalized spacial score (nSPS) is 13.2. The fourth-order valence-electron chi connectivity index (χ4n) is 4.20. The van der Waals surface area contributed by atoms with Crippen LogP contribution in [0.3, 0.4) is 0 Å². The number of nitrogens with one attached hydrogen (secondary N) is 1. The molecule has 5 nitrogen and oxygen atoms in total. The van der Waals surface area contributed by atoms with Crippen LogP contribution in [0.25, 0.3) is 0 Å². The third-order valence-electron chi connectivity index (χ3n) is 5.94. The van der Waals surface area contributed by atoms with E-state index >= 15 is 0 Å². The number of rotatable bonds is 5. The van der Waals surface area contributed by atoms with E-state index in [4.69, 9.17) is 16.3 Å². The minimum Gasteiger partial charge on any atom is -0.496 e. The quantitative estimate of drug-likeness (QED) is 0.427. The Bertz CT molecular complexity index is 1330. The Labute approximate surface area is 209 Å². The van der Waals surface area contributed by atoms with E-state index in [2.05, 4.69) is 5.32 Å². The van der Waals surface area contributed by atoms with Crippen molar-refractivity contribution in [3.05, 3.63) is 93.3 Å². The highest BCUT2D eigenvalue weighted by molar-refractivity contribution is 6.34. The number of hydrogen-bond acceptors (Lipinski definition) is 3. The number of carbonyl (C=O) groups excluding carboxylic acids is 2. The summed E-state index contributed by atoms with van der Waals surface area (Å²) in [6.07, 6.45) is -4.74. The molecule has 0 unspecified atom stereocenters. The van der Waals surface area contributed by atoms with Gasteiger partial charge in [0.25, 0.3) is 5.91 Å². The first-order valence-electron chi connectivity index (χ1n) is 11.0. The molecule has 188 valence electrons. The summed E-state index contributed by atoms with van der Waals surface area (Å²) in [5.74, 6) is -1.72. The van der Waals surface area contributed by atoms with E-state index in [-0.39, 0.29) is 29.5 Å². The molecule has 3 aromatic carbocycles. The van der Waals surface area contributed by atoms with Gasteiger partial charge in [-0.3, -0.25) is 9.59 Å². The third-order valence-corrected chi connectivity index (χ3v) is 6.26. The van der Waals surface area contributed by atoms with Crippen LogP contribution in [-0.2, 0) is 30.4 Å². The molecule has 0 spiro atoms. The molecule has 1 aliphatic rings. The summed E-state index contributed by atoms with van der Waals surface area (Å²) < 4.78 is 57.5. The summed E-state index contributed by atoms with van der Waals surface area (Å²) in [6, 6.07) is 12.7. The van der Waals surface area contributed by atoms with Crippen LogP contribution < -0.4 is 10.1 Å². The van der Waals surface area contributed by atoms with Crippen LogP contribution in [0.15, 0.2) is 54.6 Å². The second-order valence-corrected chi connectivity index (χ2v) is 8.68. The van der Waals surface area contributed by atoms with Crippen molar-refractivity contribution in [1.29, 1.82) is 0 Å². The highest BCUT2D eigenvalue weighted by atomic mass is 35.5. The van der Waals surface area contributed by atoms with E-state index in [1.807, 2.05) is 0 Å². The second-order valence-electron chi connectivity index (χ2n) is 8.27. The van der Waals surface area contributed by atoms with Gasteiger partial charge in [0.15, 0.2) is 0 Å². The number of amides is 2. The van der Waals surface area contributed by atoms with Gasteiger partial charge in [0.1, 0.15) is 11.6 Å². The van der Waals surface area contributed by atoms with Gasteiger partial charge in [0.05, 0.1) is 35.4 Å². The fraction of sp³-hybridized carbons (Fsp3) is 0.231. The Balaban J connectivity index is 1.50. The SMILES string of the molecule is COc1ccccc1C(=O)N1CCc2c(ccc(Cl)c2NC(=O)Cc2ccc(C(F)(F)F)c(F)c2)C1. The zero-order valence-electron chi connectivity index (χ0n) is 19.1. The Morgan fingerprint density at radius 2 is 1.86 bits per heavy atom. The van der Waals surface area contributed by atoms with Gasteiger partial charge in [0.2, 0.25) is 5.91 Å². The highest BCUT2D eigenvalue weighted by Gasteiger charge is 2.34. The topological polar surface area (TPSA) is 58.6 Å². The Morgan fingerprint density at radius 1 is 1.11 bits per heavy atom. The molecule has 1 N–H and O–H groups in total. The standard InChI is InChI=1S/C26H21ClF4N2O3/c1-36-22-5-3-2-4-18(22)25(35)33-11-10-17-16(14-33)7-9-20(27)24(17)32-23(34)13-15-6-8-19(21(28)12-15)26(29,30)31/h2-9,12H,10-11,13-14H2,1H3,(H,32,34). The largest absolute Gasteiger partial charge is 0.496 e. The van der Waals surface area contributed by atoms with Crippen molar-refractivity contribution in [2.75, 3.05) is 19.0 Å². The number of alkyl halides is 3. The summed E-state index contributed by atoms with van der Waals surface area (Å²) in [4.78, 5) is 27.4. The number of halogens is 5.